The Bertz CT molecular complexity index is 1100. The third-order valence-electron chi connectivity index (χ3n) is 5.89. The Morgan fingerprint density at radius 3 is 2.33 bits per heavy atom. The van der Waals surface area contributed by atoms with E-state index >= 15 is 0 Å². The van der Waals surface area contributed by atoms with Gasteiger partial charge in [0.15, 0.2) is 5.65 Å². The van der Waals surface area contributed by atoms with Crippen molar-refractivity contribution in [2.45, 2.75) is 6.92 Å². The summed E-state index contributed by atoms with van der Waals surface area (Å²) in [6.45, 7) is 5.13. The number of ether oxygens (including phenoxy) is 1. The zero-order valence-corrected chi connectivity index (χ0v) is 16.8. The first-order chi connectivity index (χ1) is 14.5. The first kappa shape index (κ1) is 18.7. The lowest BCUT2D eigenvalue weighted by Crippen LogP contribution is -2.58. The number of hydrogen-bond acceptors (Lipinski definition) is 5. The summed E-state index contributed by atoms with van der Waals surface area (Å²) in [6, 6.07) is 11.3. The Labute approximate surface area is 174 Å². The third-order valence-corrected chi connectivity index (χ3v) is 5.89. The maximum atomic E-state index is 12.9. The summed E-state index contributed by atoms with van der Waals surface area (Å²) >= 11 is 0. The van der Waals surface area contributed by atoms with Gasteiger partial charge in [-0.3, -0.25) is 9.59 Å². The van der Waals surface area contributed by atoms with Gasteiger partial charge in [0.2, 0.25) is 5.91 Å². The molecule has 154 valence electrons. The van der Waals surface area contributed by atoms with Gasteiger partial charge in [-0.15, -0.1) is 0 Å². The van der Waals surface area contributed by atoms with E-state index in [1.165, 1.54) is 0 Å². The topological polar surface area (TPSA) is 80.0 Å². The van der Waals surface area contributed by atoms with Crippen molar-refractivity contribution in [1.29, 1.82) is 0 Å². The summed E-state index contributed by atoms with van der Waals surface area (Å²) in [6.07, 6.45) is 3.51. The molecule has 3 aromatic rings. The summed E-state index contributed by atoms with van der Waals surface area (Å²) in [5, 5.41) is 4.54. The van der Waals surface area contributed by atoms with Crippen molar-refractivity contribution in [2.75, 3.05) is 39.4 Å². The molecule has 30 heavy (non-hydrogen) atoms. The van der Waals surface area contributed by atoms with Crippen LogP contribution in [0.2, 0.25) is 0 Å². The van der Waals surface area contributed by atoms with E-state index in [0.29, 0.717) is 45.0 Å². The minimum Gasteiger partial charge on any atom is -0.379 e. The highest BCUT2D eigenvalue weighted by molar-refractivity contribution is 5.95. The molecule has 0 atom stereocenters. The Balaban J connectivity index is 1.24. The number of fused-ring (bicyclic) bond motifs is 1. The first-order valence-electron chi connectivity index (χ1n) is 10.1. The predicted molar refractivity (Wildman–Crippen MR) is 110 cm³/mol. The number of nitrogens with zero attached hydrogens (tertiary/aromatic N) is 5. The molecule has 2 aliphatic heterocycles. The Morgan fingerprint density at radius 1 is 0.967 bits per heavy atom. The number of aromatic nitrogens is 3. The van der Waals surface area contributed by atoms with Crippen LogP contribution in [-0.4, -0.2) is 75.6 Å². The molecule has 2 aliphatic rings. The maximum absolute atomic E-state index is 12.9. The van der Waals surface area contributed by atoms with Crippen LogP contribution in [-0.2, 0) is 9.53 Å². The van der Waals surface area contributed by atoms with E-state index in [9.17, 15) is 9.59 Å². The van der Waals surface area contributed by atoms with E-state index in [2.05, 4.69) is 10.1 Å². The highest BCUT2D eigenvalue weighted by Gasteiger charge is 2.44. The van der Waals surface area contributed by atoms with Gasteiger partial charge in [0.05, 0.1) is 24.3 Å². The van der Waals surface area contributed by atoms with Crippen LogP contribution in [0.4, 0.5) is 0 Å². The van der Waals surface area contributed by atoms with Gasteiger partial charge >= 0.3 is 0 Å². The standard InChI is InChI=1S/C22H23N5O3/c1-22(14-30-15-22)21(29)26-12-10-25(11-13-26)20(28)17-4-2-16(3-5-17)18-6-7-19-23-8-9-27(19)24-18/h2-9H,10-15H2,1H3. The van der Waals surface area contributed by atoms with Crippen LogP contribution in [0.3, 0.4) is 0 Å². The van der Waals surface area contributed by atoms with Gasteiger partial charge in [-0.05, 0) is 31.2 Å². The predicted octanol–water partition coefficient (Wildman–Crippen LogP) is 1.72. The van der Waals surface area contributed by atoms with E-state index in [-0.39, 0.29) is 11.8 Å². The lowest BCUT2D eigenvalue weighted by Gasteiger charge is -2.43. The fourth-order valence-electron chi connectivity index (χ4n) is 3.96. The first-order valence-corrected chi connectivity index (χ1v) is 10.1. The van der Waals surface area contributed by atoms with Gasteiger partial charge < -0.3 is 14.5 Å². The lowest BCUT2D eigenvalue weighted by atomic mass is 9.86. The number of carbonyl (C=O) groups is 2. The second-order valence-electron chi connectivity index (χ2n) is 8.16. The number of rotatable bonds is 3. The van der Waals surface area contributed by atoms with E-state index in [4.69, 9.17) is 4.74 Å². The van der Waals surface area contributed by atoms with Crippen molar-refractivity contribution in [3.8, 4) is 11.3 Å². The molecule has 0 radical (unpaired) electrons. The molecule has 0 unspecified atom stereocenters. The molecule has 0 aliphatic carbocycles. The van der Waals surface area contributed by atoms with Crippen molar-refractivity contribution in [2.24, 2.45) is 5.41 Å². The summed E-state index contributed by atoms with van der Waals surface area (Å²) < 4.78 is 6.93. The Hall–Kier alpha value is -3.26. The van der Waals surface area contributed by atoms with Gasteiger partial charge in [0.1, 0.15) is 0 Å². The minimum atomic E-state index is -0.393. The SMILES string of the molecule is CC1(C(=O)N2CCN(C(=O)c3ccc(-c4ccc5nccn5n4)cc3)CC2)COC1. The molecular weight excluding hydrogens is 382 g/mol. The van der Waals surface area contributed by atoms with Crippen molar-refractivity contribution >= 4 is 17.5 Å². The second-order valence-corrected chi connectivity index (χ2v) is 8.16. The molecule has 2 aromatic heterocycles. The molecule has 1 aromatic carbocycles. The molecule has 2 amide bonds. The highest BCUT2D eigenvalue weighted by Crippen LogP contribution is 2.29. The zero-order chi connectivity index (χ0) is 20.7. The van der Waals surface area contributed by atoms with Crippen LogP contribution in [0.1, 0.15) is 17.3 Å². The van der Waals surface area contributed by atoms with Crippen molar-refractivity contribution in [3.63, 3.8) is 0 Å². The number of amides is 2. The van der Waals surface area contributed by atoms with Crippen LogP contribution in [0.15, 0.2) is 48.8 Å². The molecule has 8 heteroatoms. The van der Waals surface area contributed by atoms with E-state index < -0.39 is 5.41 Å². The summed E-state index contributed by atoms with van der Waals surface area (Å²) in [5.41, 5.74) is 2.80. The van der Waals surface area contributed by atoms with E-state index in [1.807, 2.05) is 53.1 Å². The molecule has 5 rings (SSSR count). The van der Waals surface area contributed by atoms with Crippen LogP contribution >= 0.6 is 0 Å². The lowest BCUT2D eigenvalue weighted by molar-refractivity contribution is -0.170. The van der Waals surface area contributed by atoms with Crippen LogP contribution in [0.5, 0.6) is 0 Å². The minimum absolute atomic E-state index is 0.00939. The molecule has 0 saturated carbocycles. The van der Waals surface area contributed by atoms with Gasteiger partial charge in [-0.1, -0.05) is 12.1 Å². The summed E-state index contributed by atoms with van der Waals surface area (Å²) in [5.74, 6) is 0.123. The average Bonchev–Trinajstić information content (AvgIpc) is 3.24. The monoisotopic (exact) mass is 405 g/mol. The van der Waals surface area contributed by atoms with Crippen LogP contribution < -0.4 is 0 Å². The summed E-state index contributed by atoms with van der Waals surface area (Å²) in [7, 11) is 0. The number of imidazole rings is 1. The van der Waals surface area contributed by atoms with Crippen LogP contribution in [0.25, 0.3) is 16.9 Å². The van der Waals surface area contributed by atoms with Gasteiger partial charge in [0.25, 0.3) is 5.91 Å². The van der Waals surface area contributed by atoms with Crippen molar-refractivity contribution < 1.29 is 14.3 Å². The Kier molecular flexibility index (Phi) is 4.51. The van der Waals surface area contributed by atoms with Gasteiger partial charge in [0, 0.05) is 49.7 Å². The number of benzene rings is 1. The number of hydrogen-bond donors (Lipinski definition) is 0. The molecule has 4 heterocycles. The fraction of sp³-hybridized carbons (Fsp3) is 0.364. The second kappa shape index (κ2) is 7.21. The Morgan fingerprint density at radius 2 is 1.67 bits per heavy atom. The molecule has 0 spiro atoms. The normalized spacial score (nSPS) is 18.3. The average molecular weight is 405 g/mol. The quantitative estimate of drug-likeness (QED) is 0.663. The smallest absolute Gasteiger partial charge is 0.253 e. The van der Waals surface area contributed by atoms with Crippen LogP contribution in [0, 0.1) is 5.41 Å². The third kappa shape index (κ3) is 3.23. The molecule has 0 N–H and O–H groups in total. The van der Waals surface area contributed by atoms with Gasteiger partial charge in [-0.2, -0.15) is 5.10 Å². The molecule has 0 bridgehead atoms. The maximum Gasteiger partial charge on any atom is 0.253 e. The largest absolute Gasteiger partial charge is 0.379 e. The van der Waals surface area contributed by atoms with Crippen molar-refractivity contribution in [1.82, 2.24) is 24.4 Å². The van der Waals surface area contributed by atoms with E-state index in [0.717, 1.165) is 16.9 Å². The number of carbonyl (C=O) groups excluding carboxylic acids is 2. The van der Waals surface area contributed by atoms with Gasteiger partial charge in [-0.25, -0.2) is 9.50 Å². The molecular formula is C22H23N5O3. The summed E-state index contributed by atoms with van der Waals surface area (Å²) in [4.78, 5) is 33.4. The number of piperazine rings is 1. The van der Waals surface area contributed by atoms with Crippen molar-refractivity contribution in [3.05, 3.63) is 54.4 Å². The fourth-order valence-corrected chi connectivity index (χ4v) is 3.96. The van der Waals surface area contributed by atoms with E-state index in [1.54, 1.807) is 16.9 Å². The molecule has 8 nitrogen and oxygen atoms in total. The highest BCUT2D eigenvalue weighted by atomic mass is 16.5. The molecule has 2 saturated heterocycles. The molecule has 2 fully saturated rings. The zero-order valence-electron chi connectivity index (χ0n) is 16.8.